The molecule has 0 spiro atoms. The Morgan fingerprint density at radius 1 is 1.18 bits per heavy atom. The standard InChI is InChI=1S/C5H8F5N/c6-4(7)3(1-2-11)5(8,9)10/h3-4H,1-2,11H2. The highest BCUT2D eigenvalue weighted by Crippen LogP contribution is 2.32. The van der Waals surface area contributed by atoms with Gasteiger partial charge in [0, 0.05) is 0 Å². The van der Waals surface area contributed by atoms with Crippen LogP contribution in [0.3, 0.4) is 0 Å². The van der Waals surface area contributed by atoms with Gasteiger partial charge in [0.25, 0.3) is 0 Å². The molecule has 0 heterocycles. The lowest BCUT2D eigenvalue weighted by molar-refractivity contribution is -0.207. The number of nitrogens with two attached hydrogens (primary N) is 1. The van der Waals surface area contributed by atoms with E-state index in [9.17, 15) is 22.0 Å². The zero-order chi connectivity index (χ0) is 9.07. The van der Waals surface area contributed by atoms with Gasteiger partial charge in [-0.15, -0.1) is 0 Å². The maximum atomic E-state index is 11.6. The summed E-state index contributed by atoms with van der Waals surface area (Å²) in [6.45, 7) is -0.380. The number of hydrogen-bond acceptors (Lipinski definition) is 1. The quantitative estimate of drug-likeness (QED) is 0.653. The van der Waals surface area contributed by atoms with Crippen molar-refractivity contribution < 1.29 is 22.0 Å². The first-order chi connectivity index (χ1) is 4.89. The highest BCUT2D eigenvalue weighted by molar-refractivity contribution is 4.70. The highest BCUT2D eigenvalue weighted by Gasteiger charge is 2.44. The molecule has 0 aliphatic carbocycles. The van der Waals surface area contributed by atoms with E-state index >= 15 is 0 Å². The molecule has 2 N–H and O–H groups in total. The van der Waals surface area contributed by atoms with Crippen molar-refractivity contribution in [1.82, 2.24) is 0 Å². The van der Waals surface area contributed by atoms with Crippen molar-refractivity contribution in [3.05, 3.63) is 0 Å². The van der Waals surface area contributed by atoms with Gasteiger partial charge in [0.05, 0.1) is 0 Å². The lowest BCUT2D eigenvalue weighted by Crippen LogP contribution is -2.31. The van der Waals surface area contributed by atoms with E-state index in [0.717, 1.165) is 0 Å². The molecule has 0 aromatic heterocycles. The van der Waals surface area contributed by atoms with Crippen molar-refractivity contribution in [3.63, 3.8) is 0 Å². The number of hydrogen-bond donors (Lipinski definition) is 1. The van der Waals surface area contributed by atoms with E-state index in [4.69, 9.17) is 5.73 Å². The Labute approximate surface area is 60.4 Å². The van der Waals surface area contributed by atoms with Gasteiger partial charge < -0.3 is 5.73 Å². The fourth-order valence-corrected chi connectivity index (χ4v) is 0.612. The van der Waals surface area contributed by atoms with Crippen molar-refractivity contribution >= 4 is 0 Å². The minimum absolute atomic E-state index is 0.380. The smallest absolute Gasteiger partial charge is 0.330 e. The lowest BCUT2D eigenvalue weighted by Gasteiger charge is -2.17. The van der Waals surface area contributed by atoms with Crippen LogP contribution in [0.2, 0.25) is 0 Å². The molecule has 0 rings (SSSR count). The predicted molar refractivity (Wildman–Crippen MR) is 29.2 cm³/mol. The lowest BCUT2D eigenvalue weighted by atomic mass is 10.1. The summed E-state index contributed by atoms with van der Waals surface area (Å²) < 4.78 is 58.1. The normalized spacial score (nSPS) is 15.5. The summed E-state index contributed by atoms with van der Waals surface area (Å²) in [4.78, 5) is 0. The first-order valence-corrected chi connectivity index (χ1v) is 2.94. The Kier molecular flexibility index (Phi) is 3.71. The van der Waals surface area contributed by atoms with Gasteiger partial charge in [0.1, 0.15) is 5.92 Å². The van der Waals surface area contributed by atoms with Gasteiger partial charge >= 0.3 is 6.18 Å². The third-order valence-corrected chi connectivity index (χ3v) is 1.20. The molecule has 0 amide bonds. The zero-order valence-electron chi connectivity index (χ0n) is 5.54. The van der Waals surface area contributed by atoms with E-state index in [-0.39, 0.29) is 6.54 Å². The first-order valence-electron chi connectivity index (χ1n) is 2.94. The Balaban J connectivity index is 4.10. The molecule has 6 heteroatoms. The molecular formula is C5H8F5N. The van der Waals surface area contributed by atoms with Crippen LogP contribution < -0.4 is 5.73 Å². The fraction of sp³-hybridized carbons (Fsp3) is 1.00. The molecule has 0 aliphatic heterocycles. The van der Waals surface area contributed by atoms with Crippen LogP contribution in [0.25, 0.3) is 0 Å². The number of alkyl halides is 5. The molecule has 0 aliphatic rings. The van der Waals surface area contributed by atoms with Gasteiger partial charge in [-0.2, -0.15) is 13.2 Å². The van der Waals surface area contributed by atoms with Crippen LogP contribution in [0.5, 0.6) is 0 Å². The van der Waals surface area contributed by atoms with E-state index in [2.05, 4.69) is 0 Å². The number of rotatable bonds is 3. The van der Waals surface area contributed by atoms with Crippen LogP contribution in [-0.2, 0) is 0 Å². The molecule has 0 fully saturated rings. The maximum absolute atomic E-state index is 11.6. The van der Waals surface area contributed by atoms with E-state index in [1.165, 1.54) is 0 Å². The summed E-state index contributed by atoms with van der Waals surface area (Å²) in [6.07, 6.45) is -8.94. The molecule has 0 aromatic carbocycles. The van der Waals surface area contributed by atoms with Crippen LogP contribution in [0.4, 0.5) is 22.0 Å². The highest BCUT2D eigenvalue weighted by atomic mass is 19.4. The van der Waals surface area contributed by atoms with Gasteiger partial charge in [-0.25, -0.2) is 8.78 Å². The summed E-state index contributed by atoms with van der Waals surface area (Å²) in [5.41, 5.74) is 4.73. The van der Waals surface area contributed by atoms with Crippen LogP contribution in [0, 0.1) is 5.92 Å². The minimum atomic E-state index is -4.84. The second kappa shape index (κ2) is 3.85. The van der Waals surface area contributed by atoms with Crippen molar-refractivity contribution in [2.75, 3.05) is 6.54 Å². The van der Waals surface area contributed by atoms with E-state index in [1.807, 2.05) is 0 Å². The molecule has 0 saturated carbocycles. The minimum Gasteiger partial charge on any atom is -0.330 e. The van der Waals surface area contributed by atoms with E-state index in [0.29, 0.717) is 0 Å². The molecule has 1 unspecified atom stereocenters. The summed E-state index contributed by atoms with van der Waals surface area (Å²) in [7, 11) is 0. The largest absolute Gasteiger partial charge is 0.397 e. The van der Waals surface area contributed by atoms with Crippen molar-refractivity contribution in [1.29, 1.82) is 0 Å². The zero-order valence-corrected chi connectivity index (χ0v) is 5.54. The fourth-order valence-electron chi connectivity index (χ4n) is 0.612. The molecule has 68 valence electrons. The van der Waals surface area contributed by atoms with Crippen LogP contribution >= 0.6 is 0 Å². The Morgan fingerprint density at radius 3 is 1.73 bits per heavy atom. The Morgan fingerprint density at radius 2 is 1.64 bits per heavy atom. The van der Waals surface area contributed by atoms with Gasteiger partial charge in [0.15, 0.2) is 0 Å². The van der Waals surface area contributed by atoms with E-state index in [1.54, 1.807) is 0 Å². The summed E-state index contributed by atoms with van der Waals surface area (Å²) in [5.74, 6) is -2.58. The second-order valence-electron chi connectivity index (χ2n) is 2.06. The molecule has 0 aromatic rings. The summed E-state index contributed by atoms with van der Waals surface area (Å²) in [6, 6.07) is 0. The van der Waals surface area contributed by atoms with Gasteiger partial charge in [-0.1, -0.05) is 0 Å². The molecular weight excluding hydrogens is 169 g/mol. The monoisotopic (exact) mass is 177 g/mol. The van der Waals surface area contributed by atoms with Crippen molar-refractivity contribution in [2.24, 2.45) is 11.7 Å². The molecule has 0 saturated heterocycles. The molecule has 1 nitrogen and oxygen atoms in total. The van der Waals surface area contributed by atoms with Crippen LogP contribution in [0.1, 0.15) is 6.42 Å². The van der Waals surface area contributed by atoms with Gasteiger partial charge in [-0.3, -0.25) is 0 Å². The average Bonchev–Trinajstić information content (AvgIpc) is 1.79. The van der Waals surface area contributed by atoms with Crippen molar-refractivity contribution in [3.8, 4) is 0 Å². The van der Waals surface area contributed by atoms with Crippen LogP contribution in [-0.4, -0.2) is 19.1 Å². The number of halogens is 5. The Bertz CT molecular complexity index is 110. The summed E-state index contributed by atoms with van der Waals surface area (Å²) >= 11 is 0. The maximum Gasteiger partial charge on any atom is 0.397 e. The summed E-state index contributed by atoms with van der Waals surface area (Å²) in [5, 5.41) is 0. The van der Waals surface area contributed by atoms with Gasteiger partial charge in [0.2, 0.25) is 6.43 Å². The molecule has 11 heavy (non-hydrogen) atoms. The third kappa shape index (κ3) is 3.50. The van der Waals surface area contributed by atoms with Crippen molar-refractivity contribution in [2.45, 2.75) is 19.0 Å². The van der Waals surface area contributed by atoms with Gasteiger partial charge in [-0.05, 0) is 13.0 Å². The topological polar surface area (TPSA) is 26.0 Å². The molecule has 0 bridgehead atoms. The predicted octanol–water partition coefficient (Wildman–Crippen LogP) is 1.78. The molecule has 1 atom stereocenters. The third-order valence-electron chi connectivity index (χ3n) is 1.20. The molecule has 0 radical (unpaired) electrons. The Hall–Kier alpha value is -0.390. The van der Waals surface area contributed by atoms with E-state index < -0.39 is 24.9 Å². The van der Waals surface area contributed by atoms with Crippen LogP contribution in [0.15, 0.2) is 0 Å². The first kappa shape index (κ1) is 10.6. The average molecular weight is 177 g/mol. The second-order valence-corrected chi connectivity index (χ2v) is 2.06. The SMILES string of the molecule is NCCC(C(F)F)C(F)(F)F.